The van der Waals surface area contributed by atoms with Crippen molar-refractivity contribution in [1.29, 1.82) is 0 Å². The van der Waals surface area contributed by atoms with E-state index in [1.165, 1.54) is 0 Å². The zero-order valence-electron chi connectivity index (χ0n) is 9.20. The van der Waals surface area contributed by atoms with E-state index < -0.39 is 5.97 Å². The van der Waals surface area contributed by atoms with Gasteiger partial charge in [0, 0.05) is 20.1 Å². The first kappa shape index (κ1) is 12.7. The predicted molar refractivity (Wildman–Crippen MR) is 63.4 cm³/mol. The molecule has 0 atom stereocenters. The first-order valence-electron chi connectivity index (χ1n) is 4.82. The molecule has 0 saturated heterocycles. The van der Waals surface area contributed by atoms with Crippen LogP contribution in [-0.2, 0) is 0 Å². The molecule has 0 spiro atoms. The largest absolute Gasteiger partial charge is 0.476 e. The average molecular weight is 244 g/mol. The number of anilines is 1. The Morgan fingerprint density at radius 1 is 1.62 bits per heavy atom. The highest BCUT2D eigenvalue weighted by Gasteiger charge is 2.12. The summed E-state index contributed by atoms with van der Waals surface area (Å²) in [5.41, 5.74) is -0.115. The van der Waals surface area contributed by atoms with Crippen LogP contribution in [0.5, 0.6) is 0 Å². The molecule has 1 aromatic heterocycles. The molecular weight excluding hydrogens is 230 g/mol. The van der Waals surface area contributed by atoms with Gasteiger partial charge in [-0.3, -0.25) is 0 Å². The number of hydrogen-bond donors (Lipinski definition) is 2. The fraction of sp³-hybridized carbons (Fsp3) is 0.400. The van der Waals surface area contributed by atoms with E-state index in [1.54, 1.807) is 12.1 Å². The molecule has 0 aliphatic heterocycles. The maximum absolute atomic E-state index is 10.8. The van der Waals surface area contributed by atoms with Crippen LogP contribution in [0.3, 0.4) is 0 Å². The van der Waals surface area contributed by atoms with Crippen LogP contribution in [0.2, 0.25) is 5.02 Å². The minimum absolute atomic E-state index is 0.115. The Bertz CT molecular complexity index is 384. The third kappa shape index (κ3) is 3.08. The summed E-state index contributed by atoms with van der Waals surface area (Å²) in [4.78, 5) is 16.7. The van der Waals surface area contributed by atoms with Crippen molar-refractivity contribution < 1.29 is 9.90 Å². The SMILES string of the molecule is CNCCN(C)c1ccc(Cl)c(C(=O)O)n1. The molecule has 0 unspecified atom stereocenters. The molecule has 6 heteroatoms. The van der Waals surface area contributed by atoms with Gasteiger partial charge in [0.25, 0.3) is 0 Å². The fourth-order valence-corrected chi connectivity index (χ4v) is 1.37. The lowest BCUT2D eigenvalue weighted by Crippen LogP contribution is -2.28. The smallest absolute Gasteiger partial charge is 0.356 e. The normalized spacial score (nSPS) is 10.2. The van der Waals surface area contributed by atoms with Gasteiger partial charge in [0.1, 0.15) is 5.82 Å². The number of nitrogens with zero attached hydrogens (tertiary/aromatic N) is 2. The van der Waals surface area contributed by atoms with Gasteiger partial charge in [-0.1, -0.05) is 11.6 Å². The summed E-state index contributed by atoms with van der Waals surface area (Å²) in [6.07, 6.45) is 0. The van der Waals surface area contributed by atoms with E-state index in [2.05, 4.69) is 10.3 Å². The zero-order valence-corrected chi connectivity index (χ0v) is 9.95. The molecule has 16 heavy (non-hydrogen) atoms. The second kappa shape index (κ2) is 5.67. The van der Waals surface area contributed by atoms with Crippen LogP contribution < -0.4 is 10.2 Å². The number of carboxylic acid groups (broad SMARTS) is 1. The molecule has 0 radical (unpaired) electrons. The van der Waals surface area contributed by atoms with Gasteiger partial charge in [-0.2, -0.15) is 0 Å². The van der Waals surface area contributed by atoms with Crippen molar-refractivity contribution in [3.63, 3.8) is 0 Å². The number of rotatable bonds is 5. The summed E-state index contributed by atoms with van der Waals surface area (Å²) >= 11 is 5.73. The van der Waals surface area contributed by atoms with Gasteiger partial charge in [-0.15, -0.1) is 0 Å². The van der Waals surface area contributed by atoms with Crippen LogP contribution in [0.4, 0.5) is 5.82 Å². The van der Waals surface area contributed by atoms with Crippen molar-refractivity contribution in [1.82, 2.24) is 10.3 Å². The van der Waals surface area contributed by atoms with Gasteiger partial charge in [0.05, 0.1) is 5.02 Å². The summed E-state index contributed by atoms with van der Waals surface area (Å²) in [5.74, 6) is -0.522. The number of aromatic carboxylic acids is 1. The molecule has 0 aliphatic rings. The number of carbonyl (C=O) groups is 1. The molecule has 0 bridgehead atoms. The molecule has 2 N–H and O–H groups in total. The summed E-state index contributed by atoms with van der Waals surface area (Å²) < 4.78 is 0. The summed E-state index contributed by atoms with van der Waals surface area (Å²) in [7, 11) is 3.70. The highest BCUT2D eigenvalue weighted by Crippen LogP contribution is 2.18. The Balaban J connectivity index is 2.89. The summed E-state index contributed by atoms with van der Waals surface area (Å²) in [5, 5.41) is 12.0. The van der Waals surface area contributed by atoms with Crippen LogP contribution >= 0.6 is 11.6 Å². The lowest BCUT2D eigenvalue weighted by molar-refractivity contribution is 0.0691. The molecule has 1 aromatic rings. The first-order chi connectivity index (χ1) is 7.56. The molecule has 0 fully saturated rings. The second-order valence-corrected chi connectivity index (χ2v) is 3.74. The second-order valence-electron chi connectivity index (χ2n) is 3.33. The van der Waals surface area contributed by atoms with Gasteiger partial charge in [-0.25, -0.2) is 9.78 Å². The number of aromatic nitrogens is 1. The molecule has 0 aromatic carbocycles. The maximum Gasteiger partial charge on any atom is 0.356 e. The van der Waals surface area contributed by atoms with Crippen molar-refractivity contribution in [3.8, 4) is 0 Å². The lowest BCUT2D eigenvalue weighted by Gasteiger charge is -2.18. The zero-order chi connectivity index (χ0) is 12.1. The van der Waals surface area contributed by atoms with Gasteiger partial charge in [0.15, 0.2) is 5.69 Å². The average Bonchev–Trinajstić information content (AvgIpc) is 2.26. The van der Waals surface area contributed by atoms with E-state index >= 15 is 0 Å². The van der Waals surface area contributed by atoms with Gasteiger partial charge in [0.2, 0.25) is 0 Å². The quantitative estimate of drug-likeness (QED) is 0.811. The minimum Gasteiger partial charge on any atom is -0.476 e. The molecule has 0 aliphatic carbocycles. The topological polar surface area (TPSA) is 65.5 Å². The van der Waals surface area contributed by atoms with E-state index in [-0.39, 0.29) is 10.7 Å². The standard InChI is InChI=1S/C10H14ClN3O2/c1-12-5-6-14(2)8-4-3-7(11)9(13-8)10(15)16/h3-4,12H,5-6H2,1-2H3,(H,15,16). The summed E-state index contributed by atoms with van der Waals surface area (Å²) in [6, 6.07) is 3.24. The number of likely N-dealkylation sites (N-methyl/N-ethyl adjacent to an activating group) is 2. The van der Waals surface area contributed by atoms with Crippen molar-refractivity contribution in [2.75, 3.05) is 32.1 Å². The predicted octanol–water partition coefficient (Wildman–Crippen LogP) is 1.09. The van der Waals surface area contributed by atoms with E-state index in [0.29, 0.717) is 5.82 Å². The van der Waals surface area contributed by atoms with E-state index in [1.807, 2.05) is 19.0 Å². The molecule has 0 amide bonds. The first-order valence-corrected chi connectivity index (χ1v) is 5.19. The highest BCUT2D eigenvalue weighted by molar-refractivity contribution is 6.33. The Labute approximate surface area is 99.0 Å². The molecule has 5 nitrogen and oxygen atoms in total. The Morgan fingerprint density at radius 2 is 2.31 bits per heavy atom. The molecular formula is C10H14ClN3O2. The molecule has 1 heterocycles. The van der Waals surface area contributed by atoms with Gasteiger partial charge >= 0.3 is 5.97 Å². The van der Waals surface area contributed by atoms with Crippen molar-refractivity contribution in [2.24, 2.45) is 0 Å². The Morgan fingerprint density at radius 3 is 2.88 bits per heavy atom. The highest BCUT2D eigenvalue weighted by atomic mass is 35.5. The monoisotopic (exact) mass is 243 g/mol. The number of hydrogen-bond acceptors (Lipinski definition) is 4. The fourth-order valence-electron chi connectivity index (χ4n) is 1.19. The van der Waals surface area contributed by atoms with Gasteiger partial charge < -0.3 is 15.3 Å². The van der Waals surface area contributed by atoms with Crippen molar-refractivity contribution in [2.45, 2.75) is 0 Å². The number of halogens is 1. The van der Waals surface area contributed by atoms with Gasteiger partial charge in [-0.05, 0) is 19.2 Å². The maximum atomic E-state index is 10.8. The Kier molecular flexibility index (Phi) is 4.52. The van der Waals surface area contributed by atoms with Crippen LogP contribution in [0.25, 0.3) is 0 Å². The van der Waals surface area contributed by atoms with Crippen LogP contribution in [0.1, 0.15) is 10.5 Å². The van der Waals surface area contributed by atoms with E-state index in [0.717, 1.165) is 13.1 Å². The number of carboxylic acids is 1. The molecule has 88 valence electrons. The lowest BCUT2D eigenvalue weighted by atomic mass is 10.3. The third-order valence-corrected chi connectivity index (χ3v) is 2.43. The van der Waals surface area contributed by atoms with Crippen LogP contribution in [0.15, 0.2) is 12.1 Å². The van der Waals surface area contributed by atoms with Crippen LogP contribution in [0, 0.1) is 0 Å². The van der Waals surface area contributed by atoms with Crippen LogP contribution in [-0.4, -0.2) is 43.2 Å². The van der Waals surface area contributed by atoms with Crippen molar-refractivity contribution >= 4 is 23.4 Å². The third-order valence-electron chi connectivity index (χ3n) is 2.12. The van der Waals surface area contributed by atoms with Crippen molar-refractivity contribution in [3.05, 3.63) is 22.8 Å². The number of nitrogens with one attached hydrogen (secondary N) is 1. The Hall–Kier alpha value is -1.33. The molecule has 1 rings (SSSR count). The summed E-state index contributed by atoms with van der Waals surface area (Å²) in [6.45, 7) is 1.54. The minimum atomic E-state index is -1.12. The number of pyridine rings is 1. The van der Waals surface area contributed by atoms with E-state index in [9.17, 15) is 4.79 Å². The van der Waals surface area contributed by atoms with E-state index in [4.69, 9.17) is 16.7 Å². The molecule has 0 saturated carbocycles.